The maximum absolute atomic E-state index is 12.4. The average Bonchev–Trinajstić information content (AvgIpc) is 3.18. The minimum absolute atomic E-state index is 0.0771. The highest BCUT2D eigenvalue weighted by molar-refractivity contribution is 5.76. The van der Waals surface area contributed by atoms with E-state index in [1.54, 1.807) is 6.08 Å². The first kappa shape index (κ1) is 52.3. The number of carbonyl (C=O) groups is 1. The van der Waals surface area contributed by atoms with Crippen molar-refractivity contribution < 1.29 is 15.0 Å². The number of amides is 1. The number of allylic oxidation sites excluding steroid dienone is 7. The third-order valence-corrected chi connectivity index (χ3v) is 10.8. The lowest BCUT2D eigenvalue weighted by Crippen LogP contribution is -2.45. The van der Waals surface area contributed by atoms with Crippen molar-refractivity contribution in [3.8, 4) is 0 Å². The average molecular weight is 756 g/mol. The minimum Gasteiger partial charge on any atom is -0.394 e. The first-order valence-corrected chi connectivity index (χ1v) is 23.9. The van der Waals surface area contributed by atoms with Gasteiger partial charge in [0.05, 0.1) is 18.8 Å². The number of hydrogen-bond acceptors (Lipinski definition) is 3. The Hall–Kier alpha value is -1.65. The lowest BCUT2D eigenvalue weighted by atomic mass is 10.0. The highest BCUT2D eigenvalue weighted by Crippen LogP contribution is 2.15. The van der Waals surface area contributed by atoms with E-state index in [1.165, 1.54) is 186 Å². The second kappa shape index (κ2) is 45.7. The summed E-state index contributed by atoms with van der Waals surface area (Å²) >= 11 is 0. The largest absolute Gasteiger partial charge is 0.394 e. The van der Waals surface area contributed by atoms with Crippen LogP contribution in [0.5, 0.6) is 0 Å². The summed E-state index contributed by atoms with van der Waals surface area (Å²) in [6, 6.07) is -0.644. The highest BCUT2D eigenvalue weighted by atomic mass is 16.3. The number of hydrogen-bond donors (Lipinski definition) is 3. The Bertz CT molecular complexity index is 862. The highest BCUT2D eigenvalue weighted by Gasteiger charge is 2.17. The Labute approximate surface area is 337 Å². The van der Waals surface area contributed by atoms with Crippen molar-refractivity contribution in [2.24, 2.45) is 0 Å². The molecular formula is C50H93NO3. The molecule has 0 spiro atoms. The van der Waals surface area contributed by atoms with Crippen molar-refractivity contribution in [1.82, 2.24) is 5.32 Å². The summed E-state index contributed by atoms with van der Waals surface area (Å²) in [5.74, 6) is -0.0771. The Balaban J connectivity index is 3.53. The fourth-order valence-corrected chi connectivity index (χ4v) is 7.09. The van der Waals surface area contributed by atoms with E-state index in [-0.39, 0.29) is 12.5 Å². The molecule has 0 aromatic carbocycles. The minimum atomic E-state index is -0.869. The second-order valence-corrected chi connectivity index (χ2v) is 16.2. The quantitative estimate of drug-likeness (QED) is 0.0429. The molecule has 1 amide bonds. The van der Waals surface area contributed by atoms with Crippen LogP contribution in [-0.2, 0) is 4.79 Å². The molecule has 0 aliphatic carbocycles. The van der Waals surface area contributed by atoms with Crippen LogP contribution in [0.3, 0.4) is 0 Å². The summed E-state index contributed by atoms with van der Waals surface area (Å²) in [6.07, 6.45) is 62.4. The van der Waals surface area contributed by atoms with Gasteiger partial charge < -0.3 is 15.5 Å². The van der Waals surface area contributed by atoms with Crippen molar-refractivity contribution in [3.63, 3.8) is 0 Å². The molecule has 0 fully saturated rings. The van der Waals surface area contributed by atoms with Gasteiger partial charge in [0.1, 0.15) is 0 Å². The number of rotatable bonds is 43. The number of aliphatic hydroxyl groups excluding tert-OH is 2. The second-order valence-electron chi connectivity index (χ2n) is 16.2. The molecule has 0 rings (SSSR count). The number of aliphatic hydroxyl groups is 2. The SMILES string of the molecule is CCCCCCC/C=C/CC/C=C/CC/C=C/C(O)C(CO)NC(=O)CCCCCCCCCCCCCCCCC/C=C\CCCCCCCCCC. The van der Waals surface area contributed by atoms with Gasteiger partial charge in [0.2, 0.25) is 5.91 Å². The fourth-order valence-electron chi connectivity index (χ4n) is 7.09. The molecule has 0 aliphatic heterocycles. The van der Waals surface area contributed by atoms with Gasteiger partial charge in [-0.1, -0.05) is 217 Å². The Kier molecular flexibility index (Phi) is 44.3. The van der Waals surface area contributed by atoms with E-state index in [1.807, 2.05) is 6.08 Å². The molecule has 316 valence electrons. The maximum atomic E-state index is 12.4. The summed E-state index contributed by atoms with van der Waals surface area (Å²) in [6.45, 7) is 4.28. The first-order valence-electron chi connectivity index (χ1n) is 23.9. The smallest absolute Gasteiger partial charge is 0.220 e. The van der Waals surface area contributed by atoms with Gasteiger partial charge in [-0.05, 0) is 70.6 Å². The normalized spacial score (nSPS) is 13.3. The maximum Gasteiger partial charge on any atom is 0.220 e. The van der Waals surface area contributed by atoms with E-state index in [0.717, 1.165) is 38.5 Å². The molecule has 4 heteroatoms. The molecule has 0 aromatic rings. The van der Waals surface area contributed by atoms with Crippen molar-refractivity contribution in [2.75, 3.05) is 6.61 Å². The Morgan fingerprint density at radius 3 is 1.07 bits per heavy atom. The van der Waals surface area contributed by atoms with E-state index in [0.29, 0.717) is 6.42 Å². The van der Waals surface area contributed by atoms with Crippen LogP contribution in [0.2, 0.25) is 0 Å². The zero-order chi connectivity index (χ0) is 39.3. The van der Waals surface area contributed by atoms with Crippen molar-refractivity contribution in [3.05, 3.63) is 48.6 Å². The molecule has 4 nitrogen and oxygen atoms in total. The molecule has 2 atom stereocenters. The number of unbranched alkanes of at least 4 members (excludes halogenated alkanes) is 30. The third kappa shape index (κ3) is 41.5. The molecule has 0 aliphatic rings. The van der Waals surface area contributed by atoms with Crippen LogP contribution in [0.1, 0.15) is 245 Å². The van der Waals surface area contributed by atoms with Crippen LogP contribution in [0, 0.1) is 0 Å². The summed E-state index contributed by atoms with van der Waals surface area (Å²) in [5.41, 5.74) is 0. The van der Waals surface area contributed by atoms with Gasteiger partial charge >= 0.3 is 0 Å². The fraction of sp³-hybridized carbons (Fsp3) is 0.820. The van der Waals surface area contributed by atoms with Gasteiger partial charge in [-0.15, -0.1) is 0 Å². The molecule has 0 saturated heterocycles. The molecule has 0 bridgehead atoms. The van der Waals surface area contributed by atoms with Gasteiger partial charge in [-0.25, -0.2) is 0 Å². The van der Waals surface area contributed by atoms with Crippen LogP contribution in [0.25, 0.3) is 0 Å². The molecule has 0 heterocycles. The zero-order valence-electron chi connectivity index (χ0n) is 36.2. The lowest BCUT2D eigenvalue weighted by Gasteiger charge is -2.19. The monoisotopic (exact) mass is 756 g/mol. The Morgan fingerprint density at radius 2 is 0.722 bits per heavy atom. The van der Waals surface area contributed by atoms with E-state index < -0.39 is 12.1 Å². The van der Waals surface area contributed by atoms with E-state index in [9.17, 15) is 15.0 Å². The number of carbonyl (C=O) groups excluding carboxylic acids is 1. The van der Waals surface area contributed by atoms with Crippen LogP contribution < -0.4 is 5.32 Å². The van der Waals surface area contributed by atoms with Gasteiger partial charge in [0.15, 0.2) is 0 Å². The zero-order valence-corrected chi connectivity index (χ0v) is 36.2. The van der Waals surface area contributed by atoms with E-state index >= 15 is 0 Å². The van der Waals surface area contributed by atoms with E-state index in [2.05, 4.69) is 55.6 Å². The summed E-state index contributed by atoms with van der Waals surface area (Å²) in [5, 5.41) is 23.0. The third-order valence-electron chi connectivity index (χ3n) is 10.8. The summed E-state index contributed by atoms with van der Waals surface area (Å²) < 4.78 is 0. The molecule has 3 N–H and O–H groups in total. The van der Waals surface area contributed by atoms with Crippen LogP contribution >= 0.6 is 0 Å². The molecular weight excluding hydrogens is 663 g/mol. The molecule has 2 unspecified atom stereocenters. The lowest BCUT2D eigenvalue weighted by molar-refractivity contribution is -0.123. The predicted molar refractivity (Wildman–Crippen MR) is 239 cm³/mol. The number of nitrogens with one attached hydrogen (secondary N) is 1. The van der Waals surface area contributed by atoms with Gasteiger partial charge in [-0.3, -0.25) is 4.79 Å². The molecule has 0 saturated carbocycles. The Morgan fingerprint density at radius 1 is 0.426 bits per heavy atom. The molecule has 54 heavy (non-hydrogen) atoms. The van der Waals surface area contributed by atoms with Gasteiger partial charge in [0, 0.05) is 6.42 Å². The van der Waals surface area contributed by atoms with Gasteiger partial charge in [-0.2, -0.15) is 0 Å². The molecule has 0 aromatic heterocycles. The van der Waals surface area contributed by atoms with Crippen LogP contribution in [0.4, 0.5) is 0 Å². The summed E-state index contributed by atoms with van der Waals surface area (Å²) in [7, 11) is 0. The summed E-state index contributed by atoms with van der Waals surface area (Å²) in [4.78, 5) is 12.4. The van der Waals surface area contributed by atoms with Crippen molar-refractivity contribution in [1.29, 1.82) is 0 Å². The van der Waals surface area contributed by atoms with Gasteiger partial charge in [0.25, 0.3) is 0 Å². The standard InChI is InChI=1S/C50H93NO3/c1-3-5-7-9-11-13-15-17-19-20-21-22-23-24-25-26-27-28-29-30-32-34-36-38-40-42-44-46-50(54)51-48(47-52)49(53)45-43-41-39-37-35-33-31-18-16-14-12-10-8-6-4-2/h16,18,20-21,35,37,43,45,48-49,52-53H,3-15,17,19,22-34,36,38-42,44,46-47H2,1-2H3,(H,51,54)/b18-16+,21-20-,37-35+,45-43+. The van der Waals surface area contributed by atoms with Crippen molar-refractivity contribution in [2.45, 2.75) is 257 Å². The van der Waals surface area contributed by atoms with Crippen molar-refractivity contribution >= 4 is 5.91 Å². The topological polar surface area (TPSA) is 69.6 Å². The van der Waals surface area contributed by atoms with E-state index in [4.69, 9.17) is 0 Å². The van der Waals surface area contributed by atoms with Crippen LogP contribution in [-0.4, -0.2) is 34.9 Å². The first-order chi connectivity index (χ1) is 26.7. The van der Waals surface area contributed by atoms with Crippen LogP contribution in [0.15, 0.2) is 48.6 Å². The predicted octanol–water partition coefficient (Wildman–Crippen LogP) is 15.1. The molecule has 0 radical (unpaired) electrons.